The summed E-state index contributed by atoms with van der Waals surface area (Å²) >= 11 is 0. The van der Waals surface area contributed by atoms with Crippen LogP contribution in [0.15, 0.2) is 41.5 Å². The van der Waals surface area contributed by atoms with E-state index in [1.165, 1.54) is 24.3 Å². The van der Waals surface area contributed by atoms with Crippen molar-refractivity contribution in [2.45, 2.75) is 31.5 Å². The van der Waals surface area contributed by atoms with E-state index in [4.69, 9.17) is 5.10 Å². The molecule has 0 atom stereocenters. The van der Waals surface area contributed by atoms with Gasteiger partial charge < -0.3 is 9.64 Å². The SMILES string of the molecule is CN(C)C=Nc1ccnc2c1c(C1CCC1)nn2-c1ccc(OC(F)(F)F)cc1. The molecule has 152 valence electrons. The van der Waals surface area contributed by atoms with Crippen molar-refractivity contribution < 1.29 is 17.9 Å². The van der Waals surface area contributed by atoms with Crippen molar-refractivity contribution in [3.05, 3.63) is 42.2 Å². The van der Waals surface area contributed by atoms with E-state index in [-0.39, 0.29) is 5.75 Å². The molecule has 4 rings (SSSR count). The van der Waals surface area contributed by atoms with Crippen molar-refractivity contribution in [3.63, 3.8) is 0 Å². The van der Waals surface area contributed by atoms with E-state index in [0.29, 0.717) is 17.3 Å². The van der Waals surface area contributed by atoms with Gasteiger partial charge in [-0.15, -0.1) is 13.2 Å². The van der Waals surface area contributed by atoms with Crippen molar-refractivity contribution in [1.29, 1.82) is 0 Å². The summed E-state index contributed by atoms with van der Waals surface area (Å²) < 4.78 is 42.9. The Hall–Kier alpha value is -3.10. The maximum absolute atomic E-state index is 12.4. The number of benzene rings is 1. The van der Waals surface area contributed by atoms with Crippen LogP contribution in [0.5, 0.6) is 5.75 Å². The van der Waals surface area contributed by atoms with Crippen molar-refractivity contribution in [2.24, 2.45) is 4.99 Å². The van der Waals surface area contributed by atoms with Crippen LogP contribution in [-0.4, -0.2) is 46.5 Å². The fourth-order valence-electron chi connectivity index (χ4n) is 3.27. The van der Waals surface area contributed by atoms with Gasteiger partial charge in [0.1, 0.15) is 5.75 Å². The van der Waals surface area contributed by atoms with E-state index in [2.05, 4.69) is 14.7 Å². The second-order valence-corrected chi connectivity index (χ2v) is 7.20. The lowest BCUT2D eigenvalue weighted by atomic mass is 9.82. The number of alkyl halides is 3. The molecule has 6 nitrogen and oxygen atoms in total. The number of nitrogens with zero attached hydrogens (tertiary/aromatic N) is 5. The van der Waals surface area contributed by atoms with Gasteiger partial charge in [0, 0.05) is 26.2 Å². The first-order valence-corrected chi connectivity index (χ1v) is 9.26. The van der Waals surface area contributed by atoms with Crippen LogP contribution in [0, 0.1) is 0 Å². The van der Waals surface area contributed by atoms with Crippen LogP contribution in [0.2, 0.25) is 0 Å². The molecule has 1 saturated carbocycles. The van der Waals surface area contributed by atoms with Crippen LogP contribution in [-0.2, 0) is 0 Å². The third kappa shape index (κ3) is 4.03. The van der Waals surface area contributed by atoms with Crippen LogP contribution in [0.4, 0.5) is 18.9 Å². The Kier molecular flexibility index (Phi) is 4.89. The van der Waals surface area contributed by atoms with E-state index in [0.717, 1.165) is 36.0 Å². The molecule has 0 spiro atoms. The lowest BCUT2D eigenvalue weighted by Crippen LogP contribution is -2.17. The van der Waals surface area contributed by atoms with Gasteiger partial charge in [0.2, 0.25) is 0 Å². The summed E-state index contributed by atoms with van der Waals surface area (Å²) in [5, 5.41) is 5.66. The minimum atomic E-state index is -4.72. The number of rotatable bonds is 5. The molecule has 1 aliphatic rings. The van der Waals surface area contributed by atoms with Crippen LogP contribution >= 0.6 is 0 Å². The summed E-state index contributed by atoms with van der Waals surface area (Å²) in [6.45, 7) is 0. The molecule has 9 heteroatoms. The van der Waals surface area contributed by atoms with Crippen LogP contribution in [0.1, 0.15) is 30.9 Å². The second-order valence-electron chi connectivity index (χ2n) is 7.20. The Labute approximate surface area is 165 Å². The zero-order valence-corrected chi connectivity index (χ0v) is 16.0. The van der Waals surface area contributed by atoms with Crippen LogP contribution < -0.4 is 4.74 Å². The highest BCUT2D eigenvalue weighted by Gasteiger charge is 2.31. The standard InChI is InChI=1S/C20H20F3N5O/c1-27(2)12-25-16-10-11-24-19-17(16)18(13-4-3-5-13)26-28(19)14-6-8-15(9-7-14)29-20(21,22)23/h6-13H,3-5H2,1-2H3. The molecule has 1 aliphatic carbocycles. The van der Waals surface area contributed by atoms with Crippen molar-refractivity contribution >= 4 is 23.1 Å². The molecule has 1 fully saturated rings. The molecule has 0 unspecified atom stereocenters. The maximum atomic E-state index is 12.4. The molecular formula is C20H20F3N5O. The number of pyridine rings is 1. The largest absolute Gasteiger partial charge is 0.573 e. The third-order valence-electron chi connectivity index (χ3n) is 4.81. The number of aliphatic imine (C=N–C) groups is 1. The Bertz CT molecular complexity index is 1040. The number of hydrogen-bond acceptors (Lipinski definition) is 4. The first-order chi connectivity index (χ1) is 13.8. The summed E-state index contributed by atoms with van der Waals surface area (Å²) in [5.74, 6) is 0.0604. The summed E-state index contributed by atoms with van der Waals surface area (Å²) in [4.78, 5) is 10.9. The highest BCUT2D eigenvalue weighted by molar-refractivity contribution is 5.92. The fourth-order valence-corrected chi connectivity index (χ4v) is 3.27. The molecule has 29 heavy (non-hydrogen) atoms. The molecule has 2 aromatic heterocycles. The zero-order chi connectivity index (χ0) is 20.6. The predicted octanol–water partition coefficient (Wildman–Crippen LogP) is 4.81. The molecule has 3 aromatic rings. The van der Waals surface area contributed by atoms with E-state index in [9.17, 15) is 13.2 Å². The quantitative estimate of drug-likeness (QED) is 0.453. The minimum absolute atomic E-state index is 0.277. The van der Waals surface area contributed by atoms with Gasteiger partial charge in [-0.25, -0.2) is 14.7 Å². The normalized spacial score (nSPS) is 15.1. The zero-order valence-electron chi connectivity index (χ0n) is 16.0. The van der Waals surface area contributed by atoms with E-state index >= 15 is 0 Å². The molecule has 0 amide bonds. The van der Waals surface area contributed by atoms with Gasteiger partial charge in [0.25, 0.3) is 0 Å². The first kappa shape index (κ1) is 19.2. The second kappa shape index (κ2) is 7.38. The molecule has 0 saturated heterocycles. The van der Waals surface area contributed by atoms with E-state index in [1.807, 2.05) is 25.1 Å². The van der Waals surface area contributed by atoms with Crippen molar-refractivity contribution in [1.82, 2.24) is 19.7 Å². The average Bonchev–Trinajstić information content (AvgIpc) is 2.98. The van der Waals surface area contributed by atoms with Crippen LogP contribution in [0.3, 0.4) is 0 Å². The Morgan fingerprint density at radius 2 is 1.90 bits per heavy atom. The molecule has 0 bridgehead atoms. The number of aromatic nitrogens is 3. The van der Waals surface area contributed by atoms with Gasteiger partial charge in [0.05, 0.1) is 28.8 Å². The van der Waals surface area contributed by atoms with Gasteiger partial charge in [-0.3, -0.25) is 0 Å². The van der Waals surface area contributed by atoms with Gasteiger partial charge >= 0.3 is 6.36 Å². The fraction of sp³-hybridized carbons (Fsp3) is 0.350. The number of hydrogen-bond donors (Lipinski definition) is 0. The Morgan fingerprint density at radius 3 is 2.48 bits per heavy atom. The van der Waals surface area contributed by atoms with Crippen molar-refractivity contribution in [3.8, 4) is 11.4 Å². The summed E-state index contributed by atoms with van der Waals surface area (Å²) in [5.41, 5.74) is 2.94. The number of fused-ring (bicyclic) bond motifs is 1. The maximum Gasteiger partial charge on any atom is 0.573 e. The molecule has 1 aromatic carbocycles. The van der Waals surface area contributed by atoms with Crippen LogP contribution in [0.25, 0.3) is 16.7 Å². The number of halogens is 3. The lowest BCUT2D eigenvalue weighted by Gasteiger charge is -2.23. The highest BCUT2D eigenvalue weighted by atomic mass is 19.4. The highest BCUT2D eigenvalue weighted by Crippen LogP contribution is 2.42. The topological polar surface area (TPSA) is 55.5 Å². The Balaban J connectivity index is 1.80. The summed E-state index contributed by atoms with van der Waals surface area (Å²) in [6.07, 6.45) is 1.91. The smallest absolute Gasteiger partial charge is 0.406 e. The van der Waals surface area contributed by atoms with Gasteiger partial charge in [0.15, 0.2) is 5.65 Å². The lowest BCUT2D eigenvalue weighted by molar-refractivity contribution is -0.274. The van der Waals surface area contributed by atoms with Gasteiger partial charge in [-0.05, 0) is 43.2 Å². The third-order valence-corrected chi connectivity index (χ3v) is 4.81. The summed E-state index contributed by atoms with van der Waals surface area (Å²) in [7, 11) is 3.78. The monoisotopic (exact) mass is 403 g/mol. The summed E-state index contributed by atoms with van der Waals surface area (Å²) in [6, 6.07) is 7.46. The van der Waals surface area contributed by atoms with E-state index < -0.39 is 6.36 Å². The number of ether oxygens (including phenoxy) is 1. The minimum Gasteiger partial charge on any atom is -0.406 e. The van der Waals surface area contributed by atoms with E-state index in [1.54, 1.807) is 17.2 Å². The molecular weight excluding hydrogens is 383 g/mol. The van der Waals surface area contributed by atoms with Gasteiger partial charge in [-0.2, -0.15) is 5.10 Å². The molecule has 0 radical (unpaired) electrons. The molecule has 0 N–H and O–H groups in total. The first-order valence-electron chi connectivity index (χ1n) is 9.26. The average molecular weight is 403 g/mol. The molecule has 2 heterocycles. The molecule has 0 aliphatic heterocycles. The Morgan fingerprint density at radius 1 is 1.17 bits per heavy atom. The predicted molar refractivity (Wildman–Crippen MR) is 104 cm³/mol. The van der Waals surface area contributed by atoms with Crippen molar-refractivity contribution in [2.75, 3.05) is 14.1 Å². The van der Waals surface area contributed by atoms with Gasteiger partial charge in [-0.1, -0.05) is 6.42 Å².